The van der Waals surface area contributed by atoms with Crippen molar-refractivity contribution in [3.8, 4) is 0 Å². The minimum absolute atomic E-state index is 0.134. The predicted octanol–water partition coefficient (Wildman–Crippen LogP) is 3.53. The van der Waals surface area contributed by atoms with Crippen LogP contribution in [0.15, 0.2) is 18.2 Å². The van der Waals surface area contributed by atoms with E-state index in [1.54, 1.807) is 0 Å². The lowest BCUT2D eigenvalue weighted by Gasteiger charge is -2.12. The van der Waals surface area contributed by atoms with Crippen LogP contribution in [0.2, 0.25) is 0 Å². The molecule has 0 amide bonds. The molecule has 76 valence electrons. The maximum Gasteiger partial charge on any atom is 0.166 e. The van der Waals surface area contributed by atoms with Crippen LogP contribution in [0, 0.1) is 19.8 Å². The van der Waals surface area contributed by atoms with E-state index in [0.29, 0.717) is 0 Å². The zero-order valence-electron chi connectivity index (χ0n) is 9.42. The third-order valence-corrected chi connectivity index (χ3v) is 2.79. The number of ketones is 1. The van der Waals surface area contributed by atoms with Crippen LogP contribution < -0.4 is 0 Å². The topological polar surface area (TPSA) is 17.1 Å². The van der Waals surface area contributed by atoms with Gasteiger partial charge in [0.1, 0.15) is 0 Å². The lowest BCUT2D eigenvalue weighted by Crippen LogP contribution is -2.13. The third-order valence-electron chi connectivity index (χ3n) is 2.79. The number of carbonyl (C=O) groups is 1. The van der Waals surface area contributed by atoms with Gasteiger partial charge in [0.2, 0.25) is 0 Å². The van der Waals surface area contributed by atoms with Gasteiger partial charge in [-0.15, -0.1) is 0 Å². The van der Waals surface area contributed by atoms with Crippen LogP contribution in [0.3, 0.4) is 0 Å². The molecule has 0 radical (unpaired) electrons. The average Bonchev–Trinajstić information content (AvgIpc) is 2.16. The summed E-state index contributed by atoms with van der Waals surface area (Å²) in [5.74, 6) is 0.415. The molecule has 0 aliphatic heterocycles. The summed E-state index contributed by atoms with van der Waals surface area (Å²) in [7, 11) is 0. The fourth-order valence-electron chi connectivity index (χ4n) is 1.63. The summed E-state index contributed by atoms with van der Waals surface area (Å²) in [6.45, 7) is 8.05. The molecule has 0 saturated heterocycles. The van der Waals surface area contributed by atoms with Crippen LogP contribution in [-0.2, 0) is 0 Å². The number of rotatable bonds is 3. The zero-order valence-corrected chi connectivity index (χ0v) is 9.42. The molecule has 1 heteroatoms. The molecular weight excluding hydrogens is 172 g/mol. The Morgan fingerprint density at radius 1 is 1.29 bits per heavy atom. The molecule has 1 atom stereocenters. The van der Waals surface area contributed by atoms with Crippen LogP contribution in [0.4, 0.5) is 0 Å². The number of benzene rings is 1. The van der Waals surface area contributed by atoms with Gasteiger partial charge in [-0.25, -0.2) is 0 Å². The van der Waals surface area contributed by atoms with Crippen LogP contribution in [0.5, 0.6) is 0 Å². The van der Waals surface area contributed by atoms with E-state index >= 15 is 0 Å². The molecule has 1 nitrogen and oxygen atoms in total. The molecule has 0 spiro atoms. The largest absolute Gasteiger partial charge is 0.294 e. The van der Waals surface area contributed by atoms with E-state index in [4.69, 9.17) is 0 Å². The molecule has 1 unspecified atom stereocenters. The monoisotopic (exact) mass is 190 g/mol. The molecule has 0 bridgehead atoms. The van der Waals surface area contributed by atoms with E-state index in [0.717, 1.165) is 23.1 Å². The first-order chi connectivity index (χ1) is 6.57. The van der Waals surface area contributed by atoms with Gasteiger partial charge < -0.3 is 0 Å². The highest BCUT2D eigenvalue weighted by atomic mass is 16.1. The molecular formula is C13H18O. The quantitative estimate of drug-likeness (QED) is 0.666. The van der Waals surface area contributed by atoms with Crippen molar-refractivity contribution >= 4 is 5.78 Å². The molecule has 1 aromatic carbocycles. The van der Waals surface area contributed by atoms with Crippen LogP contribution in [0.1, 0.15) is 41.8 Å². The summed E-state index contributed by atoms with van der Waals surface area (Å²) < 4.78 is 0. The third kappa shape index (κ3) is 2.03. The smallest absolute Gasteiger partial charge is 0.166 e. The van der Waals surface area contributed by atoms with E-state index in [9.17, 15) is 4.79 Å². The second-order valence-corrected chi connectivity index (χ2v) is 3.94. The van der Waals surface area contributed by atoms with Crippen molar-refractivity contribution in [2.24, 2.45) is 5.92 Å². The summed E-state index contributed by atoms with van der Waals surface area (Å²) >= 11 is 0. The van der Waals surface area contributed by atoms with Gasteiger partial charge in [-0.05, 0) is 31.4 Å². The molecule has 1 aromatic rings. The molecule has 0 saturated carbocycles. The first-order valence-electron chi connectivity index (χ1n) is 5.18. The second-order valence-electron chi connectivity index (χ2n) is 3.94. The first kappa shape index (κ1) is 11.0. The van der Waals surface area contributed by atoms with Crippen LogP contribution in [0.25, 0.3) is 0 Å². The fourth-order valence-corrected chi connectivity index (χ4v) is 1.63. The van der Waals surface area contributed by atoms with Crippen molar-refractivity contribution < 1.29 is 4.79 Å². The maximum absolute atomic E-state index is 12.0. The highest BCUT2D eigenvalue weighted by molar-refractivity contribution is 6.00. The minimum atomic E-state index is 0.134. The number of aryl methyl sites for hydroxylation is 2. The van der Waals surface area contributed by atoms with E-state index in [-0.39, 0.29) is 11.7 Å². The first-order valence-corrected chi connectivity index (χ1v) is 5.18. The molecule has 0 aliphatic carbocycles. The Kier molecular flexibility index (Phi) is 3.45. The number of carbonyl (C=O) groups excluding carboxylic acids is 1. The SMILES string of the molecule is CCC(C)C(=O)c1c(C)cccc1C. The van der Waals surface area contributed by atoms with E-state index in [1.807, 2.05) is 39.0 Å². The predicted molar refractivity (Wildman–Crippen MR) is 59.7 cm³/mol. The van der Waals surface area contributed by atoms with E-state index in [1.165, 1.54) is 0 Å². The number of Topliss-reactive ketones (excluding diaryl/α,β-unsaturated/α-hetero) is 1. The van der Waals surface area contributed by atoms with Crippen LogP contribution >= 0.6 is 0 Å². The summed E-state index contributed by atoms with van der Waals surface area (Å²) in [6, 6.07) is 6.00. The van der Waals surface area contributed by atoms with Gasteiger partial charge in [0.15, 0.2) is 5.78 Å². The van der Waals surface area contributed by atoms with Crippen molar-refractivity contribution in [2.75, 3.05) is 0 Å². The van der Waals surface area contributed by atoms with Gasteiger partial charge in [0, 0.05) is 11.5 Å². The van der Waals surface area contributed by atoms with Gasteiger partial charge in [0.25, 0.3) is 0 Å². The fraction of sp³-hybridized carbons (Fsp3) is 0.462. The van der Waals surface area contributed by atoms with Gasteiger partial charge in [-0.1, -0.05) is 32.0 Å². The molecule has 0 N–H and O–H groups in total. The Bertz CT molecular complexity index is 319. The average molecular weight is 190 g/mol. The van der Waals surface area contributed by atoms with Crippen LogP contribution in [-0.4, -0.2) is 5.78 Å². The Hall–Kier alpha value is -1.11. The molecule has 0 fully saturated rings. The van der Waals surface area contributed by atoms with Crippen molar-refractivity contribution in [1.29, 1.82) is 0 Å². The Morgan fingerprint density at radius 3 is 2.21 bits per heavy atom. The Morgan fingerprint density at radius 2 is 1.79 bits per heavy atom. The summed E-state index contributed by atoms with van der Waals surface area (Å²) in [5, 5.41) is 0. The lowest BCUT2D eigenvalue weighted by molar-refractivity contribution is 0.0926. The molecule has 0 aromatic heterocycles. The van der Waals surface area contributed by atoms with Gasteiger partial charge in [-0.2, -0.15) is 0 Å². The van der Waals surface area contributed by atoms with Crippen molar-refractivity contribution in [2.45, 2.75) is 34.1 Å². The summed E-state index contributed by atoms with van der Waals surface area (Å²) in [5.41, 5.74) is 3.10. The number of hydrogen-bond acceptors (Lipinski definition) is 1. The van der Waals surface area contributed by atoms with Crippen molar-refractivity contribution in [3.63, 3.8) is 0 Å². The minimum Gasteiger partial charge on any atom is -0.294 e. The Labute approximate surface area is 86.1 Å². The van der Waals surface area contributed by atoms with Crippen molar-refractivity contribution in [1.82, 2.24) is 0 Å². The standard InChI is InChI=1S/C13H18O/c1-5-9(2)13(14)12-10(3)7-6-8-11(12)4/h6-9H,5H2,1-4H3. The van der Waals surface area contributed by atoms with Gasteiger partial charge in [0.05, 0.1) is 0 Å². The Balaban J connectivity index is 3.12. The van der Waals surface area contributed by atoms with Crippen molar-refractivity contribution in [3.05, 3.63) is 34.9 Å². The van der Waals surface area contributed by atoms with Gasteiger partial charge >= 0.3 is 0 Å². The zero-order chi connectivity index (χ0) is 10.7. The molecule has 0 aliphatic rings. The maximum atomic E-state index is 12.0. The molecule has 1 rings (SSSR count). The molecule has 0 heterocycles. The second kappa shape index (κ2) is 4.41. The lowest BCUT2D eigenvalue weighted by atomic mass is 9.91. The normalized spacial score (nSPS) is 12.6. The van der Waals surface area contributed by atoms with E-state index in [2.05, 4.69) is 6.92 Å². The molecule has 14 heavy (non-hydrogen) atoms. The van der Waals surface area contributed by atoms with E-state index < -0.39 is 0 Å². The van der Waals surface area contributed by atoms with Gasteiger partial charge in [-0.3, -0.25) is 4.79 Å². The summed E-state index contributed by atoms with van der Waals surface area (Å²) in [6.07, 6.45) is 0.909. The highest BCUT2D eigenvalue weighted by Crippen LogP contribution is 2.19. The number of hydrogen-bond donors (Lipinski definition) is 0. The summed E-state index contributed by atoms with van der Waals surface area (Å²) in [4.78, 5) is 12.0. The highest BCUT2D eigenvalue weighted by Gasteiger charge is 2.16.